The van der Waals surface area contributed by atoms with Gasteiger partial charge in [-0.3, -0.25) is 8.96 Å². The fourth-order valence-corrected chi connectivity index (χ4v) is 7.33. The number of halogens is 4. The molecule has 208 valence electrons. The summed E-state index contributed by atoms with van der Waals surface area (Å²) in [4.78, 5) is 0. The molecule has 0 N–H and O–H groups in total. The predicted molar refractivity (Wildman–Crippen MR) is 162 cm³/mol. The van der Waals surface area contributed by atoms with Crippen LogP contribution in [0.4, 0.5) is 17.3 Å². The first kappa shape index (κ1) is 26.5. The molecule has 0 spiro atoms. The van der Waals surface area contributed by atoms with Gasteiger partial charge in [0.2, 0.25) is 10.0 Å². The summed E-state index contributed by atoms with van der Waals surface area (Å²) in [6, 6.07) is 32.2. The number of nitrogens with zero attached hydrogens (tertiary/aromatic N) is 2. The van der Waals surface area contributed by atoms with E-state index in [1.807, 2.05) is 36.4 Å². The van der Waals surface area contributed by atoms with Gasteiger partial charge in [0.05, 0.1) is 33.1 Å². The van der Waals surface area contributed by atoms with E-state index in [1.165, 1.54) is 22.7 Å². The average molecular weight is 602 g/mol. The Morgan fingerprint density at radius 2 is 0.833 bits per heavy atom. The zero-order chi connectivity index (χ0) is 28.9. The van der Waals surface area contributed by atoms with Gasteiger partial charge in [-0.1, -0.05) is 108 Å². The fraction of sp³-hybridized carbons (Fsp3) is 0. The SMILES string of the molecule is F[B-]1(F)OC(c2ccccc2)=Cc2sc3ccccc3[n+]21.F[B-]1(F)OC(c2ccccc2)=Cc2sc3ccccc3[n+]21. The van der Waals surface area contributed by atoms with Crippen molar-refractivity contribution in [3.05, 3.63) is 130 Å². The summed E-state index contributed by atoms with van der Waals surface area (Å²) in [6.45, 7) is 0. The molecule has 2 aliphatic rings. The standard InChI is InChI=1S/2C15H10BF2NOS/c2*17-16(18)19-12-8-4-5-9-14(12)21-15(19)10-13(20-16)11-6-2-1-3-7-11/h2*1-10H. The van der Waals surface area contributed by atoms with Crippen LogP contribution in [0.25, 0.3) is 44.1 Å². The van der Waals surface area contributed by atoms with E-state index in [-0.39, 0.29) is 11.5 Å². The van der Waals surface area contributed by atoms with Gasteiger partial charge in [-0.15, -0.1) is 0 Å². The Balaban J connectivity index is 0.000000137. The van der Waals surface area contributed by atoms with Crippen LogP contribution < -0.4 is 8.96 Å². The van der Waals surface area contributed by atoms with Crippen molar-refractivity contribution in [2.75, 3.05) is 0 Å². The minimum Gasteiger partial charge on any atom is -0.599 e. The highest BCUT2D eigenvalue weighted by Crippen LogP contribution is 2.34. The number of aromatic nitrogens is 2. The summed E-state index contributed by atoms with van der Waals surface area (Å²) in [5.41, 5.74) is 2.32. The maximum absolute atomic E-state index is 14.5. The smallest absolute Gasteiger partial charge is 0.599 e. The van der Waals surface area contributed by atoms with Crippen molar-refractivity contribution < 1.29 is 35.5 Å². The van der Waals surface area contributed by atoms with E-state index in [0.29, 0.717) is 32.2 Å². The quantitative estimate of drug-likeness (QED) is 0.149. The normalized spacial score (nSPS) is 16.2. The van der Waals surface area contributed by atoms with Crippen molar-refractivity contribution >= 4 is 80.9 Å². The molecule has 0 fully saturated rings. The Bertz CT molecular complexity index is 1870. The van der Waals surface area contributed by atoms with Crippen LogP contribution >= 0.6 is 22.7 Å². The molecule has 0 radical (unpaired) electrons. The monoisotopic (exact) mass is 602 g/mol. The molecule has 0 bridgehead atoms. The third-order valence-corrected chi connectivity index (χ3v) is 9.10. The topological polar surface area (TPSA) is 26.2 Å². The highest BCUT2D eigenvalue weighted by atomic mass is 32.1. The van der Waals surface area contributed by atoms with Crippen LogP contribution in [0, 0.1) is 0 Å². The summed E-state index contributed by atoms with van der Waals surface area (Å²) in [6.07, 6.45) is 3.36. The third kappa shape index (κ3) is 4.66. The molecule has 6 aromatic rings. The van der Waals surface area contributed by atoms with E-state index in [9.17, 15) is 17.3 Å². The lowest BCUT2D eigenvalue weighted by atomic mass is 10.0. The van der Waals surface area contributed by atoms with Crippen molar-refractivity contribution in [3.8, 4) is 0 Å². The maximum atomic E-state index is 14.5. The molecular formula is C30H20B2F4N2O2S2. The van der Waals surface area contributed by atoms with Crippen molar-refractivity contribution in [2.24, 2.45) is 0 Å². The first-order chi connectivity index (χ1) is 20.3. The van der Waals surface area contributed by atoms with Gasteiger partial charge in [-0.2, -0.15) is 0 Å². The first-order valence-corrected chi connectivity index (χ1v) is 14.7. The van der Waals surface area contributed by atoms with E-state index in [2.05, 4.69) is 0 Å². The second kappa shape index (κ2) is 10.1. The predicted octanol–water partition coefficient (Wildman–Crippen LogP) is 7.88. The minimum absolute atomic E-state index is 0.215. The lowest BCUT2D eigenvalue weighted by Gasteiger charge is -2.26. The largest absolute Gasteiger partial charge is 0.835 e. The molecule has 8 rings (SSSR count). The molecule has 42 heavy (non-hydrogen) atoms. The van der Waals surface area contributed by atoms with Crippen LogP contribution in [0.15, 0.2) is 109 Å². The fourth-order valence-electron chi connectivity index (χ4n) is 5.08. The average Bonchev–Trinajstić information content (AvgIpc) is 3.57. The third-order valence-electron chi connectivity index (χ3n) is 6.92. The first-order valence-electron chi connectivity index (χ1n) is 13.1. The van der Waals surface area contributed by atoms with Crippen LogP contribution in [0.3, 0.4) is 0 Å². The van der Waals surface area contributed by atoms with Crippen LogP contribution in [0.2, 0.25) is 0 Å². The molecule has 0 amide bonds. The molecule has 12 heteroatoms. The Morgan fingerprint density at radius 1 is 0.476 bits per heavy atom. The summed E-state index contributed by atoms with van der Waals surface area (Å²) in [5.74, 6) is 0.430. The number of rotatable bonds is 2. The zero-order valence-corrected chi connectivity index (χ0v) is 23.4. The number of hydrogen-bond donors (Lipinski definition) is 0. The molecule has 2 aliphatic heterocycles. The van der Waals surface area contributed by atoms with E-state index < -0.39 is 14.1 Å². The van der Waals surface area contributed by atoms with Crippen LogP contribution in [0.1, 0.15) is 21.1 Å². The van der Waals surface area contributed by atoms with Crippen LogP contribution in [0.5, 0.6) is 0 Å². The van der Waals surface area contributed by atoms with Gasteiger partial charge in [0, 0.05) is 23.3 Å². The molecule has 0 saturated heterocycles. The van der Waals surface area contributed by atoms with Gasteiger partial charge in [0.15, 0.2) is 11.0 Å². The van der Waals surface area contributed by atoms with Gasteiger partial charge in [0.1, 0.15) is 0 Å². The Morgan fingerprint density at radius 3 is 1.24 bits per heavy atom. The molecule has 0 unspecified atom stereocenters. The highest BCUT2D eigenvalue weighted by molar-refractivity contribution is 7.19. The van der Waals surface area contributed by atoms with Gasteiger partial charge >= 0.3 is 14.1 Å². The Kier molecular flexibility index (Phi) is 6.40. The van der Waals surface area contributed by atoms with E-state index in [0.717, 1.165) is 18.4 Å². The molecule has 4 aromatic carbocycles. The van der Waals surface area contributed by atoms with Crippen LogP contribution in [-0.2, 0) is 9.31 Å². The number of para-hydroxylation sites is 2. The van der Waals surface area contributed by atoms with Gasteiger partial charge in [-0.25, -0.2) is 0 Å². The summed E-state index contributed by atoms with van der Waals surface area (Å²) in [5, 5.41) is 1.01. The molecule has 2 aromatic heterocycles. The van der Waals surface area contributed by atoms with E-state index in [1.54, 1.807) is 84.9 Å². The number of hydrogen-bond acceptors (Lipinski definition) is 4. The zero-order valence-electron chi connectivity index (χ0n) is 21.7. The van der Waals surface area contributed by atoms with Crippen molar-refractivity contribution in [3.63, 3.8) is 0 Å². The van der Waals surface area contributed by atoms with Crippen molar-refractivity contribution in [1.29, 1.82) is 0 Å². The van der Waals surface area contributed by atoms with Crippen molar-refractivity contribution in [2.45, 2.75) is 0 Å². The molecule has 4 nitrogen and oxygen atoms in total. The number of fused-ring (bicyclic) bond motifs is 6. The Labute approximate surface area is 246 Å². The Hall–Kier alpha value is -4.41. The van der Waals surface area contributed by atoms with E-state index in [4.69, 9.17) is 9.31 Å². The number of benzene rings is 4. The second-order valence-corrected chi connectivity index (χ2v) is 11.8. The van der Waals surface area contributed by atoms with Crippen molar-refractivity contribution in [1.82, 2.24) is 0 Å². The molecule has 4 heterocycles. The molecule has 0 saturated carbocycles. The lowest BCUT2D eigenvalue weighted by molar-refractivity contribution is -0.552. The molecule has 0 atom stereocenters. The minimum atomic E-state index is -4.12. The highest BCUT2D eigenvalue weighted by Gasteiger charge is 2.52. The van der Waals surface area contributed by atoms with Gasteiger partial charge < -0.3 is 26.6 Å². The van der Waals surface area contributed by atoms with Crippen LogP contribution in [-0.4, -0.2) is 14.1 Å². The van der Waals surface area contributed by atoms with Gasteiger partial charge in [0.25, 0.3) is 0 Å². The van der Waals surface area contributed by atoms with Gasteiger partial charge in [-0.05, 0) is 12.1 Å². The summed E-state index contributed by atoms with van der Waals surface area (Å²) >= 11 is 2.69. The van der Waals surface area contributed by atoms with E-state index >= 15 is 0 Å². The second-order valence-electron chi connectivity index (χ2n) is 9.66. The molecule has 0 aliphatic carbocycles. The molecular weight excluding hydrogens is 582 g/mol. The summed E-state index contributed by atoms with van der Waals surface area (Å²) < 4.78 is 71.5. The number of thiazole rings is 2. The summed E-state index contributed by atoms with van der Waals surface area (Å²) in [7, 11) is -8.24. The lowest BCUT2D eigenvalue weighted by Crippen LogP contribution is -2.62. The maximum Gasteiger partial charge on any atom is 0.835 e.